The Morgan fingerprint density at radius 3 is 2.67 bits per heavy atom. The lowest BCUT2D eigenvalue weighted by atomic mass is 10.0. The van der Waals surface area contributed by atoms with E-state index in [2.05, 4.69) is 28.9 Å². The zero-order valence-corrected chi connectivity index (χ0v) is 21.0. The van der Waals surface area contributed by atoms with Crippen LogP contribution >= 0.6 is 11.6 Å². The van der Waals surface area contributed by atoms with Crippen LogP contribution in [-0.4, -0.2) is 41.1 Å². The molecule has 2 atom stereocenters. The molecule has 8 nitrogen and oxygen atoms in total. The molecule has 2 aromatic rings. The van der Waals surface area contributed by atoms with Crippen molar-refractivity contribution >= 4 is 40.9 Å². The number of benzene rings is 2. The number of carbonyl (C=O) groups is 4. The molecule has 4 amide bonds. The molecule has 4 rings (SSSR count). The highest BCUT2D eigenvalue weighted by Gasteiger charge is 2.42. The van der Waals surface area contributed by atoms with E-state index in [1.165, 1.54) is 11.6 Å². The van der Waals surface area contributed by atoms with Gasteiger partial charge < -0.3 is 10.6 Å². The number of anilines is 1. The summed E-state index contributed by atoms with van der Waals surface area (Å²) < 4.78 is 0. The lowest BCUT2D eigenvalue weighted by Crippen LogP contribution is -2.54. The fourth-order valence-corrected chi connectivity index (χ4v) is 4.67. The lowest BCUT2D eigenvalue weighted by Gasteiger charge is -2.28. The molecule has 0 aromatic heterocycles. The molecule has 1 fully saturated rings. The molecule has 188 valence electrons. The number of halogens is 1. The van der Waals surface area contributed by atoms with Crippen molar-refractivity contribution < 1.29 is 19.2 Å². The number of hydrogen-bond acceptors (Lipinski definition) is 6. The number of piperidine rings is 1. The number of nitrogens with one attached hydrogen (secondary N) is 3. The van der Waals surface area contributed by atoms with Crippen LogP contribution in [0.1, 0.15) is 48.9 Å². The van der Waals surface area contributed by atoms with Gasteiger partial charge in [0.2, 0.25) is 11.8 Å². The van der Waals surface area contributed by atoms with Gasteiger partial charge in [-0.25, -0.2) is 0 Å². The Kier molecular flexibility index (Phi) is 7.86. The number of hydrogen-bond donors (Lipinski definition) is 3. The van der Waals surface area contributed by atoms with Gasteiger partial charge in [-0.05, 0) is 67.6 Å². The van der Waals surface area contributed by atoms with E-state index < -0.39 is 29.7 Å². The van der Waals surface area contributed by atoms with E-state index in [4.69, 9.17) is 11.6 Å². The fraction of sp³-hybridized carbons (Fsp3) is 0.333. The predicted octanol–water partition coefficient (Wildman–Crippen LogP) is 3.40. The first-order valence-electron chi connectivity index (χ1n) is 12.0. The van der Waals surface area contributed by atoms with Crippen molar-refractivity contribution in [2.45, 2.75) is 51.6 Å². The van der Waals surface area contributed by atoms with E-state index in [1.807, 2.05) is 43.3 Å². The monoisotopic (exact) mass is 508 g/mol. The average Bonchev–Trinajstić information content (AvgIpc) is 3.12. The van der Waals surface area contributed by atoms with Gasteiger partial charge in [-0.2, -0.15) is 0 Å². The van der Waals surface area contributed by atoms with E-state index in [0.717, 1.165) is 40.4 Å². The Bertz CT molecular complexity index is 1240. The van der Waals surface area contributed by atoms with E-state index in [1.54, 1.807) is 0 Å². The molecule has 0 bridgehead atoms. The molecule has 36 heavy (non-hydrogen) atoms. The summed E-state index contributed by atoms with van der Waals surface area (Å²) in [6, 6.07) is 12.9. The molecule has 0 radical (unpaired) electrons. The van der Waals surface area contributed by atoms with Crippen molar-refractivity contribution in [1.82, 2.24) is 15.5 Å². The van der Waals surface area contributed by atoms with E-state index in [-0.39, 0.29) is 24.6 Å². The van der Waals surface area contributed by atoms with Crippen LogP contribution in [0.15, 0.2) is 54.2 Å². The van der Waals surface area contributed by atoms with E-state index >= 15 is 0 Å². The molecular formula is C27H29ClN4O4. The molecule has 2 unspecified atom stereocenters. The number of imide groups is 2. The van der Waals surface area contributed by atoms with Gasteiger partial charge in [-0.15, -0.1) is 0 Å². The summed E-state index contributed by atoms with van der Waals surface area (Å²) >= 11 is 6.24. The zero-order valence-electron chi connectivity index (χ0n) is 20.3. The number of nitrogens with zero attached hydrogens (tertiary/aromatic N) is 1. The Hall–Kier alpha value is -3.49. The van der Waals surface area contributed by atoms with Crippen LogP contribution in [0.25, 0.3) is 0 Å². The standard InChI is InChI=1S/C27H29ClN4O4/c1-3-21(29-12-11-17-8-7-16(2)20(28)13-17)18-5-4-6-19(14-18)30-22-15-25(34)32(27(22)36)23-9-10-24(33)31-26(23)35/h4-8,13-15,21,23,29-30H,3,9-12H2,1-2H3,(H,31,33,35). The van der Waals surface area contributed by atoms with Gasteiger partial charge in [0, 0.05) is 29.2 Å². The van der Waals surface area contributed by atoms with Gasteiger partial charge >= 0.3 is 0 Å². The molecule has 0 aliphatic carbocycles. The molecule has 1 saturated heterocycles. The van der Waals surface area contributed by atoms with Crippen LogP contribution in [-0.2, 0) is 25.6 Å². The quantitative estimate of drug-likeness (QED) is 0.448. The maximum absolute atomic E-state index is 12.9. The predicted molar refractivity (Wildman–Crippen MR) is 137 cm³/mol. The van der Waals surface area contributed by atoms with Crippen molar-refractivity contribution in [3.8, 4) is 0 Å². The second kappa shape index (κ2) is 11.1. The van der Waals surface area contributed by atoms with E-state index in [0.29, 0.717) is 5.69 Å². The summed E-state index contributed by atoms with van der Waals surface area (Å²) in [6.07, 6.45) is 3.11. The van der Waals surface area contributed by atoms with Gasteiger partial charge in [0.15, 0.2) is 0 Å². The van der Waals surface area contributed by atoms with Crippen molar-refractivity contribution in [3.05, 3.63) is 76.0 Å². The molecule has 2 aliphatic rings. The smallest absolute Gasteiger partial charge is 0.278 e. The largest absolute Gasteiger partial charge is 0.351 e. The third kappa shape index (κ3) is 5.66. The van der Waals surface area contributed by atoms with Crippen LogP contribution in [0.3, 0.4) is 0 Å². The molecular weight excluding hydrogens is 480 g/mol. The summed E-state index contributed by atoms with van der Waals surface area (Å²) in [6.45, 7) is 4.85. The normalized spacial score (nSPS) is 18.8. The maximum atomic E-state index is 12.9. The van der Waals surface area contributed by atoms with Crippen molar-refractivity contribution in [3.63, 3.8) is 0 Å². The first-order chi connectivity index (χ1) is 17.3. The highest BCUT2D eigenvalue weighted by atomic mass is 35.5. The highest BCUT2D eigenvalue weighted by Crippen LogP contribution is 2.25. The molecule has 0 spiro atoms. The minimum absolute atomic E-state index is 0.0840. The second-order valence-electron chi connectivity index (χ2n) is 9.04. The fourth-order valence-electron chi connectivity index (χ4n) is 4.47. The number of carbonyl (C=O) groups excluding carboxylic acids is 4. The van der Waals surface area contributed by atoms with Gasteiger partial charge in [0.05, 0.1) is 0 Å². The van der Waals surface area contributed by atoms with E-state index in [9.17, 15) is 19.2 Å². The first-order valence-corrected chi connectivity index (χ1v) is 12.4. The van der Waals surface area contributed by atoms with Crippen LogP contribution in [0.2, 0.25) is 5.02 Å². The van der Waals surface area contributed by atoms with Crippen molar-refractivity contribution in [2.24, 2.45) is 0 Å². The summed E-state index contributed by atoms with van der Waals surface area (Å²) in [7, 11) is 0. The van der Waals surface area contributed by atoms with Crippen molar-refractivity contribution in [2.75, 3.05) is 11.9 Å². The molecule has 3 N–H and O–H groups in total. The summed E-state index contributed by atoms with van der Waals surface area (Å²) in [4.78, 5) is 50.0. The number of rotatable bonds is 9. The van der Waals surface area contributed by atoms with Crippen molar-refractivity contribution in [1.29, 1.82) is 0 Å². The minimum atomic E-state index is -0.985. The maximum Gasteiger partial charge on any atom is 0.278 e. The molecule has 2 aromatic carbocycles. The average molecular weight is 509 g/mol. The highest BCUT2D eigenvalue weighted by molar-refractivity contribution is 6.31. The third-order valence-electron chi connectivity index (χ3n) is 6.49. The first kappa shape index (κ1) is 25.6. The summed E-state index contributed by atoms with van der Waals surface area (Å²) in [5.74, 6) is -2.19. The lowest BCUT2D eigenvalue weighted by molar-refractivity contribution is -0.149. The Morgan fingerprint density at radius 2 is 1.94 bits per heavy atom. The zero-order chi connectivity index (χ0) is 25.8. The molecule has 0 saturated carbocycles. The van der Waals surface area contributed by atoms with Crippen LogP contribution in [0.4, 0.5) is 5.69 Å². The minimum Gasteiger partial charge on any atom is -0.351 e. The van der Waals surface area contributed by atoms with Crippen LogP contribution in [0, 0.1) is 6.92 Å². The third-order valence-corrected chi connectivity index (χ3v) is 6.90. The number of amides is 4. The molecule has 9 heteroatoms. The Balaban J connectivity index is 1.39. The summed E-state index contributed by atoms with van der Waals surface area (Å²) in [5.41, 5.74) is 4.03. The summed E-state index contributed by atoms with van der Waals surface area (Å²) in [5, 5.41) is 9.57. The van der Waals surface area contributed by atoms with Crippen LogP contribution < -0.4 is 16.0 Å². The Labute approximate surface area is 215 Å². The molecule has 2 aliphatic heterocycles. The SMILES string of the molecule is CCC(NCCc1ccc(C)c(Cl)c1)c1cccc(NC2=CC(=O)N(C3CCC(=O)NC3=O)C2=O)c1. The van der Waals surface area contributed by atoms with Gasteiger partial charge in [0.1, 0.15) is 11.7 Å². The number of aryl methyl sites for hydroxylation is 1. The topological polar surface area (TPSA) is 108 Å². The molecule has 2 heterocycles. The van der Waals surface area contributed by atoms with Crippen LogP contribution in [0.5, 0.6) is 0 Å². The van der Waals surface area contributed by atoms with Gasteiger partial charge in [-0.1, -0.05) is 42.8 Å². The van der Waals surface area contributed by atoms with Gasteiger partial charge in [0.25, 0.3) is 11.8 Å². The second-order valence-corrected chi connectivity index (χ2v) is 9.44. The van der Waals surface area contributed by atoms with Gasteiger partial charge in [-0.3, -0.25) is 29.4 Å². The Morgan fingerprint density at radius 1 is 1.14 bits per heavy atom.